The second-order valence-corrected chi connectivity index (χ2v) is 5.00. The molecule has 2 rings (SSSR count). The van der Waals surface area contributed by atoms with Gasteiger partial charge in [0.05, 0.1) is 12.5 Å². The van der Waals surface area contributed by atoms with Crippen LogP contribution in [0.5, 0.6) is 0 Å². The second kappa shape index (κ2) is 7.11. The molecule has 1 aliphatic heterocycles. The van der Waals surface area contributed by atoms with Crippen molar-refractivity contribution in [3.63, 3.8) is 0 Å². The standard InChI is InChI=1S/C16H22N2O3/c1-3-18(12-8-6-5-7-9-12)14-13(16(20)21-4-2)10-11-17-15(14)19/h5-9,13-14H,3-4,10-11H2,1-2H3,(H,17,19). The van der Waals surface area contributed by atoms with E-state index < -0.39 is 12.0 Å². The summed E-state index contributed by atoms with van der Waals surface area (Å²) in [5.74, 6) is -0.810. The molecule has 0 aliphatic carbocycles. The molecule has 2 unspecified atom stereocenters. The molecule has 1 N–H and O–H groups in total. The normalized spacial score (nSPS) is 21.5. The van der Waals surface area contributed by atoms with Crippen LogP contribution < -0.4 is 10.2 Å². The molecule has 2 atom stereocenters. The maximum atomic E-state index is 12.3. The van der Waals surface area contributed by atoms with Gasteiger partial charge in [-0.2, -0.15) is 0 Å². The molecule has 0 spiro atoms. The van der Waals surface area contributed by atoms with Crippen LogP contribution in [-0.4, -0.2) is 37.6 Å². The maximum absolute atomic E-state index is 12.3. The molecule has 1 fully saturated rings. The van der Waals surface area contributed by atoms with Crippen LogP contribution in [0, 0.1) is 5.92 Å². The Morgan fingerprint density at radius 3 is 2.67 bits per heavy atom. The number of carbonyl (C=O) groups is 2. The molecular weight excluding hydrogens is 268 g/mol. The highest BCUT2D eigenvalue weighted by Crippen LogP contribution is 2.26. The molecule has 0 bridgehead atoms. The number of para-hydroxylation sites is 1. The van der Waals surface area contributed by atoms with Crippen LogP contribution >= 0.6 is 0 Å². The zero-order valence-corrected chi connectivity index (χ0v) is 12.5. The highest BCUT2D eigenvalue weighted by atomic mass is 16.5. The molecule has 1 amide bonds. The van der Waals surface area contributed by atoms with Crippen molar-refractivity contribution in [3.05, 3.63) is 30.3 Å². The molecule has 114 valence electrons. The van der Waals surface area contributed by atoms with Crippen molar-refractivity contribution in [3.8, 4) is 0 Å². The number of hydrogen-bond acceptors (Lipinski definition) is 4. The third kappa shape index (κ3) is 3.35. The monoisotopic (exact) mass is 290 g/mol. The van der Waals surface area contributed by atoms with E-state index in [4.69, 9.17) is 4.74 Å². The smallest absolute Gasteiger partial charge is 0.311 e. The first-order valence-corrected chi connectivity index (χ1v) is 7.45. The van der Waals surface area contributed by atoms with E-state index in [-0.39, 0.29) is 11.9 Å². The number of esters is 1. The Hall–Kier alpha value is -2.04. The number of carbonyl (C=O) groups excluding carboxylic acids is 2. The van der Waals surface area contributed by atoms with E-state index in [1.807, 2.05) is 42.2 Å². The molecule has 1 aromatic carbocycles. The number of anilines is 1. The largest absolute Gasteiger partial charge is 0.466 e. The number of benzene rings is 1. The predicted octanol–water partition coefficient (Wildman–Crippen LogP) is 1.58. The van der Waals surface area contributed by atoms with E-state index in [9.17, 15) is 9.59 Å². The Kier molecular flexibility index (Phi) is 5.20. The Labute approximate surface area is 125 Å². The van der Waals surface area contributed by atoms with Gasteiger partial charge in [-0.1, -0.05) is 18.2 Å². The second-order valence-electron chi connectivity index (χ2n) is 5.00. The van der Waals surface area contributed by atoms with Crippen LogP contribution in [0.1, 0.15) is 20.3 Å². The number of ether oxygens (including phenoxy) is 1. The van der Waals surface area contributed by atoms with Crippen molar-refractivity contribution < 1.29 is 14.3 Å². The minimum atomic E-state index is -0.509. The van der Waals surface area contributed by atoms with E-state index in [0.717, 1.165) is 5.69 Å². The van der Waals surface area contributed by atoms with Crippen molar-refractivity contribution >= 4 is 17.6 Å². The number of hydrogen-bond donors (Lipinski definition) is 1. The van der Waals surface area contributed by atoms with Gasteiger partial charge >= 0.3 is 5.97 Å². The first kappa shape index (κ1) is 15.4. The summed E-state index contributed by atoms with van der Waals surface area (Å²) in [7, 11) is 0. The summed E-state index contributed by atoms with van der Waals surface area (Å²) >= 11 is 0. The molecular formula is C16H22N2O3. The van der Waals surface area contributed by atoms with Crippen LogP contribution in [0.25, 0.3) is 0 Å². The van der Waals surface area contributed by atoms with Gasteiger partial charge in [-0.25, -0.2) is 0 Å². The molecule has 0 radical (unpaired) electrons. The highest BCUT2D eigenvalue weighted by Gasteiger charge is 2.41. The zero-order valence-electron chi connectivity index (χ0n) is 12.5. The van der Waals surface area contributed by atoms with Gasteiger partial charge < -0.3 is 15.0 Å². The lowest BCUT2D eigenvalue weighted by Gasteiger charge is -2.38. The van der Waals surface area contributed by atoms with E-state index >= 15 is 0 Å². The number of nitrogens with zero attached hydrogens (tertiary/aromatic N) is 1. The first-order valence-electron chi connectivity index (χ1n) is 7.45. The molecule has 1 aromatic rings. The molecule has 1 aliphatic rings. The Bertz CT molecular complexity index is 490. The molecule has 1 heterocycles. The molecule has 0 aromatic heterocycles. The van der Waals surface area contributed by atoms with E-state index in [2.05, 4.69) is 5.32 Å². The topological polar surface area (TPSA) is 58.6 Å². The van der Waals surface area contributed by atoms with Crippen molar-refractivity contribution in [2.45, 2.75) is 26.3 Å². The third-order valence-corrected chi connectivity index (χ3v) is 3.76. The highest BCUT2D eigenvalue weighted by molar-refractivity contribution is 5.92. The lowest BCUT2D eigenvalue weighted by Crippen LogP contribution is -2.57. The fourth-order valence-corrected chi connectivity index (χ4v) is 2.81. The predicted molar refractivity (Wildman–Crippen MR) is 81.0 cm³/mol. The Morgan fingerprint density at radius 1 is 1.33 bits per heavy atom. The van der Waals surface area contributed by atoms with Gasteiger partial charge in [-0.05, 0) is 32.4 Å². The summed E-state index contributed by atoms with van der Waals surface area (Å²) in [5.41, 5.74) is 0.941. The number of likely N-dealkylation sites (N-methyl/N-ethyl adjacent to an activating group) is 1. The average molecular weight is 290 g/mol. The van der Waals surface area contributed by atoms with Crippen LogP contribution in [0.15, 0.2) is 30.3 Å². The van der Waals surface area contributed by atoms with Crippen LogP contribution in [0.2, 0.25) is 0 Å². The summed E-state index contributed by atoms with van der Waals surface area (Å²) in [6.07, 6.45) is 0.610. The average Bonchev–Trinajstić information content (AvgIpc) is 2.51. The van der Waals surface area contributed by atoms with E-state index in [0.29, 0.717) is 26.1 Å². The lowest BCUT2D eigenvalue weighted by atomic mass is 9.90. The molecule has 21 heavy (non-hydrogen) atoms. The molecule has 5 nitrogen and oxygen atoms in total. The summed E-state index contributed by atoms with van der Waals surface area (Å²) in [5, 5.41) is 2.86. The fraction of sp³-hybridized carbons (Fsp3) is 0.500. The Balaban J connectivity index is 2.29. The van der Waals surface area contributed by atoms with Crippen molar-refractivity contribution in [1.82, 2.24) is 5.32 Å². The quantitative estimate of drug-likeness (QED) is 0.837. The summed E-state index contributed by atoms with van der Waals surface area (Å²) < 4.78 is 5.14. The minimum absolute atomic E-state index is 0.106. The van der Waals surface area contributed by atoms with E-state index in [1.54, 1.807) is 6.92 Å². The minimum Gasteiger partial charge on any atom is -0.466 e. The van der Waals surface area contributed by atoms with Crippen LogP contribution in [0.3, 0.4) is 0 Å². The first-order chi connectivity index (χ1) is 10.2. The van der Waals surface area contributed by atoms with Crippen molar-refractivity contribution in [2.75, 3.05) is 24.6 Å². The maximum Gasteiger partial charge on any atom is 0.311 e. The zero-order chi connectivity index (χ0) is 15.2. The number of piperidine rings is 1. The van der Waals surface area contributed by atoms with Gasteiger partial charge in [0.25, 0.3) is 0 Å². The van der Waals surface area contributed by atoms with Crippen LogP contribution in [-0.2, 0) is 14.3 Å². The third-order valence-electron chi connectivity index (χ3n) is 3.76. The molecule has 5 heteroatoms. The van der Waals surface area contributed by atoms with Crippen molar-refractivity contribution in [1.29, 1.82) is 0 Å². The SMILES string of the molecule is CCOC(=O)C1CCNC(=O)C1N(CC)c1ccccc1. The van der Waals surface area contributed by atoms with E-state index in [1.165, 1.54) is 0 Å². The van der Waals surface area contributed by atoms with Gasteiger partial charge in [-0.15, -0.1) is 0 Å². The van der Waals surface area contributed by atoms with Gasteiger partial charge in [-0.3, -0.25) is 9.59 Å². The Morgan fingerprint density at radius 2 is 2.05 bits per heavy atom. The van der Waals surface area contributed by atoms with Gasteiger partial charge in [0.15, 0.2) is 0 Å². The van der Waals surface area contributed by atoms with Gasteiger partial charge in [0.2, 0.25) is 5.91 Å². The number of rotatable bonds is 5. The fourth-order valence-electron chi connectivity index (χ4n) is 2.81. The molecule has 0 saturated carbocycles. The van der Waals surface area contributed by atoms with Gasteiger partial charge in [0.1, 0.15) is 6.04 Å². The number of amides is 1. The number of nitrogens with one attached hydrogen (secondary N) is 1. The van der Waals surface area contributed by atoms with Crippen LogP contribution in [0.4, 0.5) is 5.69 Å². The summed E-state index contributed by atoms with van der Waals surface area (Å²) in [6, 6.07) is 9.18. The van der Waals surface area contributed by atoms with Crippen molar-refractivity contribution in [2.24, 2.45) is 5.92 Å². The van der Waals surface area contributed by atoms with Gasteiger partial charge in [0, 0.05) is 18.8 Å². The lowest BCUT2D eigenvalue weighted by molar-refractivity contribution is -0.152. The summed E-state index contributed by atoms with van der Waals surface area (Å²) in [4.78, 5) is 26.5. The summed E-state index contributed by atoms with van der Waals surface area (Å²) in [6.45, 7) is 5.27. The molecule has 1 saturated heterocycles.